The summed E-state index contributed by atoms with van der Waals surface area (Å²) in [7, 11) is 0. The molecule has 1 N–H and O–H groups in total. The van der Waals surface area contributed by atoms with E-state index < -0.39 is 0 Å². The largest absolute Gasteiger partial charge is 0.376 e. The Labute approximate surface area is 130 Å². The van der Waals surface area contributed by atoms with Crippen LogP contribution in [-0.2, 0) is 9.53 Å². The molecule has 7 heteroatoms. The van der Waals surface area contributed by atoms with Crippen molar-refractivity contribution >= 4 is 18.2 Å². The summed E-state index contributed by atoms with van der Waals surface area (Å²) in [5.41, 5.74) is 0.942. The third kappa shape index (κ3) is 3.65. The summed E-state index contributed by atoms with van der Waals surface area (Å²) in [5.74, 6) is 1.58. The van der Waals surface area contributed by atoms with Crippen LogP contribution < -0.4 is 10.2 Å². The van der Waals surface area contributed by atoms with E-state index in [2.05, 4.69) is 20.2 Å². The van der Waals surface area contributed by atoms with Crippen LogP contribution in [0.1, 0.15) is 18.5 Å². The number of rotatable bonds is 5. The molecule has 3 rings (SSSR count). The van der Waals surface area contributed by atoms with Crippen LogP contribution in [0.4, 0.5) is 11.8 Å². The smallest absolute Gasteiger partial charge is 0.227 e. The Morgan fingerprint density at radius 3 is 2.86 bits per heavy atom. The van der Waals surface area contributed by atoms with Crippen molar-refractivity contribution in [2.45, 2.75) is 25.9 Å². The van der Waals surface area contributed by atoms with Crippen molar-refractivity contribution in [2.75, 3.05) is 49.5 Å². The van der Waals surface area contributed by atoms with Gasteiger partial charge in [0.25, 0.3) is 0 Å². The Morgan fingerprint density at radius 1 is 1.36 bits per heavy atom. The van der Waals surface area contributed by atoms with E-state index >= 15 is 0 Å². The molecule has 7 nitrogen and oxygen atoms in total. The lowest BCUT2D eigenvalue weighted by molar-refractivity contribution is -0.118. The molecule has 2 aliphatic heterocycles. The van der Waals surface area contributed by atoms with Gasteiger partial charge in [0, 0.05) is 51.1 Å². The van der Waals surface area contributed by atoms with Crippen LogP contribution in [0.2, 0.25) is 0 Å². The summed E-state index contributed by atoms with van der Waals surface area (Å²) in [4.78, 5) is 23.8. The summed E-state index contributed by atoms with van der Waals surface area (Å²) in [6.45, 7) is 6.61. The standard InChI is InChI=1S/C15H23N5O2/c1-12-9-14(16-10-13-3-2-8-22-13)18-15(17-12)20-6-4-19(11-21)5-7-20/h9,11,13H,2-8,10H2,1H3,(H,16,17,18). The molecule has 0 radical (unpaired) electrons. The highest BCUT2D eigenvalue weighted by Gasteiger charge is 2.19. The van der Waals surface area contributed by atoms with Gasteiger partial charge in [0.05, 0.1) is 6.10 Å². The quantitative estimate of drug-likeness (QED) is 0.806. The Kier molecular flexibility index (Phi) is 4.72. The van der Waals surface area contributed by atoms with Crippen LogP contribution >= 0.6 is 0 Å². The lowest BCUT2D eigenvalue weighted by atomic mass is 10.2. The van der Waals surface area contributed by atoms with E-state index in [0.29, 0.717) is 0 Å². The number of nitrogens with zero attached hydrogens (tertiary/aromatic N) is 4. The zero-order chi connectivity index (χ0) is 15.4. The molecule has 2 saturated heterocycles. The average molecular weight is 305 g/mol. The molecule has 2 fully saturated rings. The topological polar surface area (TPSA) is 70.6 Å². The van der Waals surface area contributed by atoms with Gasteiger partial charge in [0.2, 0.25) is 12.4 Å². The van der Waals surface area contributed by atoms with E-state index in [1.807, 2.05) is 13.0 Å². The molecule has 1 aromatic rings. The minimum atomic E-state index is 0.287. The maximum Gasteiger partial charge on any atom is 0.227 e. The van der Waals surface area contributed by atoms with Crippen LogP contribution in [0.5, 0.6) is 0 Å². The summed E-state index contributed by atoms with van der Waals surface area (Å²) in [5, 5.41) is 3.36. The molecule has 0 saturated carbocycles. The number of amides is 1. The van der Waals surface area contributed by atoms with Crippen molar-refractivity contribution in [3.05, 3.63) is 11.8 Å². The first-order valence-corrected chi connectivity index (χ1v) is 7.90. The van der Waals surface area contributed by atoms with Crippen molar-refractivity contribution in [2.24, 2.45) is 0 Å². The molecule has 1 aromatic heterocycles. The number of carbonyl (C=O) groups is 1. The third-order valence-electron chi connectivity index (χ3n) is 4.12. The van der Waals surface area contributed by atoms with Crippen LogP contribution in [0.25, 0.3) is 0 Å². The average Bonchev–Trinajstić information content (AvgIpc) is 3.06. The maximum absolute atomic E-state index is 10.8. The molecule has 3 heterocycles. The highest BCUT2D eigenvalue weighted by molar-refractivity contribution is 5.49. The second kappa shape index (κ2) is 6.91. The minimum absolute atomic E-state index is 0.287. The molecule has 120 valence electrons. The fourth-order valence-corrected chi connectivity index (χ4v) is 2.84. The summed E-state index contributed by atoms with van der Waals surface area (Å²) < 4.78 is 5.62. The molecule has 0 bridgehead atoms. The highest BCUT2D eigenvalue weighted by Crippen LogP contribution is 2.17. The molecular weight excluding hydrogens is 282 g/mol. The van der Waals surface area contributed by atoms with Gasteiger partial charge >= 0.3 is 0 Å². The molecule has 1 amide bonds. The van der Waals surface area contributed by atoms with E-state index in [-0.39, 0.29) is 6.10 Å². The first-order chi connectivity index (χ1) is 10.7. The van der Waals surface area contributed by atoms with Gasteiger partial charge in [-0.3, -0.25) is 4.79 Å². The lowest BCUT2D eigenvalue weighted by Gasteiger charge is -2.32. The van der Waals surface area contributed by atoms with Crippen molar-refractivity contribution in [3.8, 4) is 0 Å². The van der Waals surface area contributed by atoms with Gasteiger partial charge in [-0.2, -0.15) is 4.98 Å². The van der Waals surface area contributed by atoms with Crippen LogP contribution in [0.3, 0.4) is 0 Å². The van der Waals surface area contributed by atoms with Gasteiger partial charge in [-0.15, -0.1) is 0 Å². The Hall–Kier alpha value is -1.89. The van der Waals surface area contributed by atoms with Crippen LogP contribution in [0, 0.1) is 6.92 Å². The number of anilines is 2. The number of aromatic nitrogens is 2. The molecule has 2 aliphatic rings. The second-order valence-corrected chi connectivity index (χ2v) is 5.84. The minimum Gasteiger partial charge on any atom is -0.376 e. The highest BCUT2D eigenvalue weighted by atomic mass is 16.5. The van der Waals surface area contributed by atoms with Gasteiger partial charge in [0.15, 0.2) is 0 Å². The summed E-state index contributed by atoms with van der Waals surface area (Å²) >= 11 is 0. The van der Waals surface area contributed by atoms with E-state index in [0.717, 1.165) is 76.0 Å². The predicted octanol–water partition coefficient (Wildman–Crippen LogP) is 0.654. The lowest BCUT2D eigenvalue weighted by Crippen LogP contribution is -2.46. The molecule has 0 aromatic carbocycles. The van der Waals surface area contributed by atoms with Crippen molar-refractivity contribution in [1.82, 2.24) is 14.9 Å². The van der Waals surface area contributed by atoms with E-state index in [1.54, 1.807) is 4.90 Å². The van der Waals surface area contributed by atoms with Gasteiger partial charge in [-0.25, -0.2) is 4.98 Å². The van der Waals surface area contributed by atoms with Gasteiger partial charge in [0.1, 0.15) is 5.82 Å². The zero-order valence-electron chi connectivity index (χ0n) is 13.0. The number of nitrogens with one attached hydrogen (secondary N) is 1. The molecule has 0 spiro atoms. The summed E-state index contributed by atoms with van der Waals surface area (Å²) in [6.07, 6.45) is 3.44. The fraction of sp³-hybridized carbons (Fsp3) is 0.667. The number of aryl methyl sites for hydroxylation is 1. The fourth-order valence-electron chi connectivity index (χ4n) is 2.84. The maximum atomic E-state index is 10.8. The van der Waals surface area contributed by atoms with Gasteiger partial charge < -0.3 is 19.9 Å². The molecular formula is C15H23N5O2. The SMILES string of the molecule is Cc1cc(NCC2CCCO2)nc(N2CCN(C=O)CC2)n1. The Bertz CT molecular complexity index is 511. The number of piperazine rings is 1. The number of ether oxygens (including phenoxy) is 1. The first-order valence-electron chi connectivity index (χ1n) is 7.90. The van der Waals surface area contributed by atoms with Crippen molar-refractivity contribution in [1.29, 1.82) is 0 Å². The third-order valence-corrected chi connectivity index (χ3v) is 4.12. The zero-order valence-corrected chi connectivity index (χ0v) is 13.0. The van der Waals surface area contributed by atoms with Crippen molar-refractivity contribution < 1.29 is 9.53 Å². The molecule has 1 unspecified atom stereocenters. The molecule has 0 aliphatic carbocycles. The molecule has 22 heavy (non-hydrogen) atoms. The molecule has 1 atom stereocenters. The number of hydrogen-bond donors (Lipinski definition) is 1. The van der Waals surface area contributed by atoms with Gasteiger partial charge in [-0.05, 0) is 19.8 Å². The predicted molar refractivity (Wildman–Crippen MR) is 84.1 cm³/mol. The second-order valence-electron chi connectivity index (χ2n) is 5.84. The first kappa shape index (κ1) is 15.0. The van der Waals surface area contributed by atoms with E-state index in [1.165, 1.54) is 0 Å². The monoisotopic (exact) mass is 305 g/mol. The van der Waals surface area contributed by atoms with E-state index in [9.17, 15) is 4.79 Å². The normalized spacial score (nSPS) is 22.0. The number of hydrogen-bond acceptors (Lipinski definition) is 6. The van der Waals surface area contributed by atoms with Crippen molar-refractivity contribution in [3.63, 3.8) is 0 Å². The van der Waals surface area contributed by atoms with Gasteiger partial charge in [-0.1, -0.05) is 0 Å². The number of carbonyl (C=O) groups excluding carboxylic acids is 1. The Morgan fingerprint density at radius 2 is 2.18 bits per heavy atom. The van der Waals surface area contributed by atoms with Crippen LogP contribution in [0.15, 0.2) is 6.07 Å². The van der Waals surface area contributed by atoms with Crippen LogP contribution in [-0.4, -0.2) is 66.7 Å². The Balaban J connectivity index is 1.63. The summed E-state index contributed by atoms with van der Waals surface area (Å²) in [6, 6.07) is 1.96. The van der Waals surface area contributed by atoms with E-state index in [4.69, 9.17) is 4.74 Å².